The van der Waals surface area contributed by atoms with Gasteiger partial charge in [0.25, 0.3) is 5.91 Å². The number of fused-ring (bicyclic) bond motifs is 2. The van der Waals surface area contributed by atoms with E-state index >= 15 is 0 Å². The van der Waals surface area contributed by atoms with Crippen LogP contribution < -0.4 is 5.32 Å². The van der Waals surface area contributed by atoms with Gasteiger partial charge in [0.2, 0.25) is 5.91 Å². The number of nitrogens with zero attached hydrogens (tertiary/aromatic N) is 1. The van der Waals surface area contributed by atoms with Crippen molar-refractivity contribution in [3.8, 4) is 0 Å². The topological polar surface area (TPSA) is 49.4 Å². The number of hydrogen-bond donors (Lipinski definition) is 1. The summed E-state index contributed by atoms with van der Waals surface area (Å²) in [5.74, 6) is 1.82. The summed E-state index contributed by atoms with van der Waals surface area (Å²) in [7, 11) is 0. The first-order valence-corrected chi connectivity index (χ1v) is 8.86. The molecule has 0 spiro atoms. The minimum atomic E-state index is 0.0475. The van der Waals surface area contributed by atoms with Crippen molar-refractivity contribution in [1.82, 2.24) is 10.2 Å². The molecule has 0 radical (unpaired) electrons. The zero-order valence-electron chi connectivity index (χ0n) is 13.5. The molecule has 0 unspecified atom stereocenters. The van der Waals surface area contributed by atoms with Crippen LogP contribution in [0.15, 0.2) is 24.3 Å². The monoisotopic (exact) mass is 312 g/mol. The lowest BCUT2D eigenvalue weighted by molar-refractivity contribution is -0.128. The van der Waals surface area contributed by atoms with Gasteiger partial charge in [-0.1, -0.05) is 18.6 Å². The summed E-state index contributed by atoms with van der Waals surface area (Å²) >= 11 is 0. The van der Waals surface area contributed by atoms with Crippen molar-refractivity contribution < 1.29 is 9.59 Å². The summed E-state index contributed by atoms with van der Waals surface area (Å²) in [5, 5.41) is 3.22. The summed E-state index contributed by atoms with van der Waals surface area (Å²) < 4.78 is 0. The third kappa shape index (κ3) is 2.99. The van der Waals surface area contributed by atoms with Gasteiger partial charge in [-0.15, -0.1) is 0 Å². The van der Waals surface area contributed by atoms with Gasteiger partial charge in [0.05, 0.1) is 0 Å². The number of hydrogen-bond acceptors (Lipinski definition) is 2. The van der Waals surface area contributed by atoms with Crippen LogP contribution in [0, 0.1) is 11.8 Å². The molecule has 3 fully saturated rings. The molecule has 1 heterocycles. The van der Waals surface area contributed by atoms with Gasteiger partial charge in [-0.25, -0.2) is 0 Å². The molecule has 4 heteroatoms. The number of carbonyl (C=O) groups is 2. The predicted molar refractivity (Wildman–Crippen MR) is 87.8 cm³/mol. The Morgan fingerprint density at radius 1 is 1.17 bits per heavy atom. The quantitative estimate of drug-likeness (QED) is 0.929. The number of nitrogens with one attached hydrogen (secondary N) is 1. The molecule has 3 atom stereocenters. The molecule has 4 rings (SSSR count). The highest BCUT2D eigenvalue weighted by Gasteiger charge is 2.40. The maximum atomic E-state index is 12.4. The smallest absolute Gasteiger partial charge is 0.251 e. The first-order chi connectivity index (χ1) is 11.2. The zero-order chi connectivity index (χ0) is 15.8. The van der Waals surface area contributed by atoms with E-state index < -0.39 is 0 Å². The Balaban J connectivity index is 1.35. The average Bonchev–Trinajstić information content (AvgIpc) is 3.26. The molecule has 0 aromatic heterocycles. The van der Waals surface area contributed by atoms with Crippen molar-refractivity contribution in [2.75, 3.05) is 6.54 Å². The molecule has 3 aliphatic rings. The molecule has 2 bridgehead atoms. The predicted octanol–water partition coefficient (Wildman–Crippen LogP) is 2.73. The van der Waals surface area contributed by atoms with E-state index in [-0.39, 0.29) is 11.8 Å². The molecule has 2 amide bonds. The highest BCUT2D eigenvalue weighted by Crippen LogP contribution is 2.44. The van der Waals surface area contributed by atoms with Gasteiger partial charge >= 0.3 is 0 Å². The van der Waals surface area contributed by atoms with Crippen molar-refractivity contribution in [2.24, 2.45) is 11.8 Å². The summed E-state index contributed by atoms with van der Waals surface area (Å²) in [6, 6.07) is 8.10. The third-order valence-corrected chi connectivity index (χ3v) is 5.82. The lowest BCUT2D eigenvalue weighted by Gasteiger charge is -2.23. The molecule has 23 heavy (non-hydrogen) atoms. The van der Waals surface area contributed by atoms with Gasteiger partial charge < -0.3 is 10.2 Å². The van der Waals surface area contributed by atoms with E-state index in [0.29, 0.717) is 24.9 Å². The second kappa shape index (κ2) is 5.99. The number of benzene rings is 1. The lowest BCUT2D eigenvalue weighted by atomic mass is 9.95. The Hall–Kier alpha value is -1.84. The fourth-order valence-electron chi connectivity index (χ4n) is 4.53. The summed E-state index contributed by atoms with van der Waals surface area (Å²) in [4.78, 5) is 26.0. The lowest BCUT2D eigenvalue weighted by Crippen LogP contribution is -2.38. The van der Waals surface area contributed by atoms with Gasteiger partial charge in [-0.05, 0) is 55.2 Å². The first kappa shape index (κ1) is 14.7. The maximum absolute atomic E-state index is 12.4. The Morgan fingerprint density at radius 3 is 2.61 bits per heavy atom. The number of carbonyl (C=O) groups excluding carboxylic acids is 2. The number of rotatable bonds is 4. The van der Waals surface area contributed by atoms with Gasteiger partial charge in [-0.3, -0.25) is 9.59 Å². The standard InChI is InChI=1S/C19H24N2O2/c22-18-2-1-9-21(18)12-13-3-6-15(7-4-13)19(23)20-17-11-14-5-8-16(17)10-14/h3-4,6-7,14,16-17H,1-2,5,8-12H2,(H,20,23)/t14-,16-,17-/m0/s1. The zero-order valence-corrected chi connectivity index (χ0v) is 13.5. The van der Waals surface area contributed by atoms with Crippen LogP contribution in [0.1, 0.15) is 54.4 Å². The summed E-state index contributed by atoms with van der Waals surface area (Å²) in [5.41, 5.74) is 1.82. The molecule has 1 aliphatic heterocycles. The molecule has 1 saturated heterocycles. The summed E-state index contributed by atoms with van der Waals surface area (Å²) in [6.45, 7) is 1.51. The van der Waals surface area contributed by atoms with E-state index in [4.69, 9.17) is 0 Å². The largest absolute Gasteiger partial charge is 0.349 e. The Kier molecular flexibility index (Phi) is 3.83. The fraction of sp³-hybridized carbons (Fsp3) is 0.579. The second-order valence-corrected chi connectivity index (χ2v) is 7.37. The van der Waals surface area contributed by atoms with E-state index in [1.165, 1.54) is 19.3 Å². The number of amides is 2. The van der Waals surface area contributed by atoms with Crippen molar-refractivity contribution in [2.45, 2.75) is 51.1 Å². The molecule has 122 valence electrons. The van der Waals surface area contributed by atoms with Crippen LogP contribution in [-0.4, -0.2) is 29.3 Å². The molecule has 4 nitrogen and oxygen atoms in total. The third-order valence-electron chi connectivity index (χ3n) is 5.82. The highest BCUT2D eigenvalue weighted by atomic mass is 16.2. The molecular formula is C19H24N2O2. The van der Waals surface area contributed by atoms with Crippen molar-refractivity contribution in [1.29, 1.82) is 0 Å². The van der Waals surface area contributed by atoms with Crippen LogP contribution in [0.5, 0.6) is 0 Å². The van der Waals surface area contributed by atoms with E-state index in [0.717, 1.165) is 36.4 Å². The van der Waals surface area contributed by atoms with Crippen molar-refractivity contribution in [3.05, 3.63) is 35.4 Å². The van der Waals surface area contributed by atoms with Crippen LogP contribution in [0.4, 0.5) is 0 Å². The molecule has 2 aliphatic carbocycles. The Labute approximate surface area is 137 Å². The summed E-state index contributed by atoms with van der Waals surface area (Å²) in [6.07, 6.45) is 6.71. The van der Waals surface area contributed by atoms with Crippen molar-refractivity contribution >= 4 is 11.8 Å². The van der Waals surface area contributed by atoms with Crippen molar-refractivity contribution in [3.63, 3.8) is 0 Å². The van der Waals surface area contributed by atoms with Crippen LogP contribution in [-0.2, 0) is 11.3 Å². The average molecular weight is 312 g/mol. The van der Waals surface area contributed by atoms with Gasteiger partial charge in [-0.2, -0.15) is 0 Å². The fourth-order valence-corrected chi connectivity index (χ4v) is 4.53. The molecule has 2 saturated carbocycles. The second-order valence-electron chi connectivity index (χ2n) is 7.37. The van der Waals surface area contributed by atoms with Gasteiger partial charge in [0.15, 0.2) is 0 Å². The SMILES string of the molecule is O=C(N[C@H]1C[C@H]2CC[C@H]1C2)c1ccc(CN2CCCC2=O)cc1. The molecular weight excluding hydrogens is 288 g/mol. The van der Waals surface area contributed by atoms with E-state index in [2.05, 4.69) is 5.32 Å². The highest BCUT2D eigenvalue weighted by molar-refractivity contribution is 5.94. The van der Waals surface area contributed by atoms with E-state index in [1.807, 2.05) is 29.2 Å². The molecule has 1 aromatic carbocycles. The minimum Gasteiger partial charge on any atom is -0.349 e. The van der Waals surface area contributed by atoms with Crippen LogP contribution in [0.25, 0.3) is 0 Å². The Morgan fingerprint density at radius 2 is 2.00 bits per heavy atom. The molecule has 1 aromatic rings. The van der Waals surface area contributed by atoms with E-state index in [1.54, 1.807) is 0 Å². The first-order valence-electron chi connectivity index (χ1n) is 8.86. The Bertz CT molecular complexity index is 610. The minimum absolute atomic E-state index is 0.0475. The molecule has 1 N–H and O–H groups in total. The maximum Gasteiger partial charge on any atom is 0.251 e. The van der Waals surface area contributed by atoms with Crippen LogP contribution >= 0.6 is 0 Å². The van der Waals surface area contributed by atoms with Crippen LogP contribution in [0.2, 0.25) is 0 Å². The number of likely N-dealkylation sites (tertiary alicyclic amines) is 1. The van der Waals surface area contributed by atoms with Crippen LogP contribution in [0.3, 0.4) is 0 Å². The van der Waals surface area contributed by atoms with Gasteiger partial charge in [0.1, 0.15) is 0 Å². The van der Waals surface area contributed by atoms with Gasteiger partial charge in [0, 0.05) is 31.1 Å². The van der Waals surface area contributed by atoms with E-state index in [9.17, 15) is 9.59 Å². The normalized spacial score (nSPS) is 29.3.